The first-order valence-electron chi connectivity index (χ1n) is 10.6. The Morgan fingerprint density at radius 1 is 0.941 bits per heavy atom. The van der Waals surface area contributed by atoms with Crippen molar-refractivity contribution in [2.24, 2.45) is 0 Å². The zero-order chi connectivity index (χ0) is 23.8. The van der Waals surface area contributed by atoms with E-state index in [4.69, 9.17) is 4.74 Å². The van der Waals surface area contributed by atoms with E-state index in [1.54, 1.807) is 14.2 Å². The average molecular weight is 493 g/mol. The van der Waals surface area contributed by atoms with Crippen molar-refractivity contribution >= 4 is 18.3 Å². The maximum atomic E-state index is 12.9. The topological polar surface area (TPSA) is 50.4 Å². The van der Waals surface area contributed by atoms with Crippen LogP contribution in [0.5, 0.6) is 5.75 Å². The third kappa shape index (κ3) is 7.23. The number of aryl methyl sites for hydroxylation is 1. The van der Waals surface area contributed by atoms with Crippen molar-refractivity contribution in [2.75, 3.05) is 14.2 Å². The first-order valence-corrected chi connectivity index (χ1v) is 10.6. The van der Waals surface area contributed by atoms with Crippen LogP contribution < -0.4 is 15.4 Å². The minimum atomic E-state index is -4.36. The molecule has 0 aliphatic carbocycles. The van der Waals surface area contributed by atoms with Gasteiger partial charge in [-0.25, -0.2) is 0 Å². The standard InChI is InChI=1S/C26H27F3N2O2.ClH/c1-30-25(32)24(19-7-4-3-5-8-19)31-23(20-9-6-10-22(17-20)33-2)16-13-18-11-14-21(15-12-18)26(27,28)29;/h3-12,14-15,17,23-24,31H,13,16H2,1-2H3,(H,30,32);1H/t23-,24+;/m1./s1. The summed E-state index contributed by atoms with van der Waals surface area (Å²) >= 11 is 0. The summed E-state index contributed by atoms with van der Waals surface area (Å²) < 4.78 is 44.0. The molecule has 0 spiro atoms. The summed E-state index contributed by atoms with van der Waals surface area (Å²) in [5.74, 6) is 0.508. The molecule has 0 unspecified atom stereocenters. The number of hydrogen-bond donors (Lipinski definition) is 2. The van der Waals surface area contributed by atoms with Crippen LogP contribution in [-0.2, 0) is 17.4 Å². The Morgan fingerprint density at radius 2 is 1.59 bits per heavy atom. The normalized spacial score (nSPS) is 12.9. The van der Waals surface area contributed by atoms with Crippen LogP contribution in [0.2, 0.25) is 0 Å². The highest BCUT2D eigenvalue weighted by molar-refractivity contribution is 5.85. The van der Waals surface area contributed by atoms with E-state index >= 15 is 0 Å². The molecule has 0 bridgehead atoms. The number of hydrogen-bond acceptors (Lipinski definition) is 3. The Bertz CT molecular complexity index is 1040. The van der Waals surface area contributed by atoms with Crippen LogP contribution in [0.4, 0.5) is 13.2 Å². The number of benzene rings is 3. The van der Waals surface area contributed by atoms with E-state index in [2.05, 4.69) is 10.6 Å². The zero-order valence-electron chi connectivity index (χ0n) is 18.9. The summed E-state index contributed by atoms with van der Waals surface area (Å²) in [6.07, 6.45) is -3.26. The lowest BCUT2D eigenvalue weighted by molar-refractivity contribution is -0.137. The second kappa shape index (κ2) is 12.4. The number of nitrogens with one attached hydrogen (secondary N) is 2. The number of rotatable bonds is 9. The van der Waals surface area contributed by atoms with Gasteiger partial charge < -0.3 is 10.1 Å². The molecule has 1 amide bonds. The van der Waals surface area contributed by atoms with Crippen molar-refractivity contribution in [3.63, 3.8) is 0 Å². The van der Waals surface area contributed by atoms with Crippen LogP contribution in [-0.4, -0.2) is 20.1 Å². The maximum absolute atomic E-state index is 12.9. The second-order valence-electron chi connectivity index (χ2n) is 7.69. The number of alkyl halides is 3. The first-order chi connectivity index (χ1) is 15.8. The van der Waals surface area contributed by atoms with Crippen molar-refractivity contribution in [1.29, 1.82) is 0 Å². The molecule has 8 heteroatoms. The number of carbonyl (C=O) groups is 1. The summed E-state index contributed by atoms with van der Waals surface area (Å²) in [5.41, 5.74) is 1.86. The van der Waals surface area contributed by atoms with Crippen molar-refractivity contribution in [1.82, 2.24) is 10.6 Å². The van der Waals surface area contributed by atoms with Gasteiger partial charge in [-0.2, -0.15) is 13.2 Å². The van der Waals surface area contributed by atoms with Crippen LogP contribution in [0, 0.1) is 0 Å². The molecule has 3 aromatic rings. The predicted octanol–water partition coefficient (Wildman–Crippen LogP) is 5.89. The summed E-state index contributed by atoms with van der Waals surface area (Å²) in [6.45, 7) is 0. The fraction of sp³-hybridized carbons (Fsp3) is 0.269. The number of likely N-dealkylation sites (N-methyl/N-ethyl adjacent to an activating group) is 1. The molecule has 34 heavy (non-hydrogen) atoms. The van der Waals surface area contributed by atoms with Gasteiger partial charge in [-0.05, 0) is 53.8 Å². The molecule has 0 heterocycles. The van der Waals surface area contributed by atoms with Gasteiger partial charge in [-0.15, -0.1) is 12.4 Å². The molecule has 182 valence electrons. The summed E-state index contributed by atoms with van der Waals surface area (Å²) in [5, 5.41) is 6.15. The van der Waals surface area contributed by atoms with E-state index < -0.39 is 17.8 Å². The molecule has 0 aromatic heterocycles. The molecule has 3 rings (SSSR count). The molecule has 3 aromatic carbocycles. The lowest BCUT2D eigenvalue weighted by atomic mass is 9.96. The van der Waals surface area contributed by atoms with E-state index in [9.17, 15) is 18.0 Å². The summed E-state index contributed by atoms with van der Waals surface area (Å²) in [4.78, 5) is 12.7. The Labute approximate surface area is 203 Å². The molecule has 4 nitrogen and oxygen atoms in total. The van der Waals surface area contributed by atoms with Gasteiger partial charge in [0.15, 0.2) is 0 Å². The van der Waals surface area contributed by atoms with E-state index in [0.717, 1.165) is 28.8 Å². The smallest absolute Gasteiger partial charge is 0.416 e. The van der Waals surface area contributed by atoms with Crippen LogP contribution >= 0.6 is 12.4 Å². The van der Waals surface area contributed by atoms with Crippen molar-refractivity contribution in [3.05, 3.63) is 101 Å². The quantitative estimate of drug-likeness (QED) is 0.392. The average Bonchev–Trinajstić information content (AvgIpc) is 2.84. The SMILES string of the molecule is CNC(=O)[C@@H](N[C@H](CCc1ccc(C(F)(F)F)cc1)c1cccc(OC)c1)c1ccccc1.Cl. The number of methoxy groups -OCH3 is 1. The summed E-state index contributed by atoms with van der Waals surface area (Å²) in [6, 6.07) is 21.3. The zero-order valence-corrected chi connectivity index (χ0v) is 19.7. The van der Waals surface area contributed by atoms with Gasteiger partial charge in [0.1, 0.15) is 11.8 Å². The second-order valence-corrected chi connectivity index (χ2v) is 7.69. The molecule has 0 radical (unpaired) electrons. The van der Waals surface area contributed by atoms with Crippen LogP contribution in [0.15, 0.2) is 78.9 Å². The van der Waals surface area contributed by atoms with Gasteiger partial charge in [0.2, 0.25) is 5.91 Å². The molecule has 0 aliphatic heterocycles. The Morgan fingerprint density at radius 3 is 2.18 bits per heavy atom. The summed E-state index contributed by atoms with van der Waals surface area (Å²) in [7, 11) is 3.17. The largest absolute Gasteiger partial charge is 0.497 e. The first kappa shape index (κ1) is 27.2. The number of ether oxygens (including phenoxy) is 1. The lowest BCUT2D eigenvalue weighted by Crippen LogP contribution is -2.38. The van der Waals surface area contributed by atoms with Gasteiger partial charge in [0, 0.05) is 13.1 Å². The third-order valence-corrected chi connectivity index (χ3v) is 5.51. The van der Waals surface area contributed by atoms with Crippen molar-refractivity contribution < 1.29 is 22.7 Å². The number of halogens is 4. The molecular formula is C26H28ClF3N2O2. The third-order valence-electron chi connectivity index (χ3n) is 5.51. The van der Waals surface area contributed by atoms with E-state index in [1.807, 2.05) is 54.6 Å². The monoisotopic (exact) mass is 492 g/mol. The van der Waals surface area contributed by atoms with Gasteiger partial charge in [0.25, 0.3) is 0 Å². The van der Waals surface area contributed by atoms with E-state index in [0.29, 0.717) is 18.6 Å². The predicted molar refractivity (Wildman–Crippen MR) is 129 cm³/mol. The highest BCUT2D eigenvalue weighted by atomic mass is 35.5. The fourth-order valence-corrected chi connectivity index (χ4v) is 3.69. The molecule has 0 saturated heterocycles. The van der Waals surface area contributed by atoms with Gasteiger partial charge >= 0.3 is 6.18 Å². The fourth-order valence-electron chi connectivity index (χ4n) is 3.69. The van der Waals surface area contributed by atoms with Crippen LogP contribution in [0.25, 0.3) is 0 Å². The Kier molecular flexibility index (Phi) is 9.96. The molecule has 0 saturated carbocycles. The van der Waals surface area contributed by atoms with Crippen LogP contribution in [0.1, 0.15) is 40.8 Å². The van der Waals surface area contributed by atoms with Crippen molar-refractivity contribution in [2.45, 2.75) is 31.1 Å². The van der Waals surface area contributed by atoms with Gasteiger partial charge in [-0.1, -0.05) is 54.6 Å². The molecule has 0 aliphatic rings. The number of carbonyl (C=O) groups excluding carboxylic acids is 1. The van der Waals surface area contributed by atoms with Gasteiger partial charge in [0.05, 0.1) is 12.7 Å². The van der Waals surface area contributed by atoms with Crippen molar-refractivity contribution in [3.8, 4) is 5.75 Å². The molecular weight excluding hydrogens is 465 g/mol. The highest BCUT2D eigenvalue weighted by Crippen LogP contribution is 2.30. The lowest BCUT2D eigenvalue weighted by Gasteiger charge is -2.26. The highest BCUT2D eigenvalue weighted by Gasteiger charge is 2.30. The Balaban J connectivity index is 0.00000408. The van der Waals surface area contributed by atoms with E-state index in [-0.39, 0.29) is 24.4 Å². The van der Waals surface area contributed by atoms with Gasteiger partial charge in [-0.3, -0.25) is 10.1 Å². The maximum Gasteiger partial charge on any atom is 0.416 e. The number of amides is 1. The molecule has 2 atom stereocenters. The minimum Gasteiger partial charge on any atom is -0.497 e. The molecule has 2 N–H and O–H groups in total. The minimum absolute atomic E-state index is 0. The van der Waals surface area contributed by atoms with E-state index in [1.165, 1.54) is 12.1 Å². The Hall–Kier alpha value is -3.03. The van der Waals surface area contributed by atoms with Crippen LogP contribution in [0.3, 0.4) is 0 Å². The molecule has 0 fully saturated rings.